The van der Waals surface area contributed by atoms with Gasteiger partial charge >= 0.3 is 0 Å². The van der Waals surface area contributed by atoms with Crippen LogP contribution in [0.2, 0.25) is 18.1 Å². The molecular formula is C15H26Si. The van der Waals surface area contributed by atoms with Crippen LogP contribution in [0.25, 0.3) is 0 Å². The average molecular weight is 234 g/mol. The van der Waals surface area contributed by atoms with Gasteiger partial charge in [0.05, 0.1) is 8.07 Å². The van der Waals surface area contributed by atoms with Gasteiger partial charge in [-0.15, -0.1) is 0 Å². The first-order valence-electron chi connectivity index (χ1n) is 6.77. The van der Waals surface area contributed by atoms with Crippen LogP contribution >= 0.6 is 0 Å². The number of hydrogen-bond donors (Lipinski definition) is 0. The van der Waals surface area contributed by atoms with Crippen molar-refractivity contribution in [2.24, 2.45) is 0 Å². The summed E-state index contributed by atoms with van der Waals surface area (Å²) in [5.41, 5.74) is 3.07. The molecule has 0 N–H and O–H groups in total. The largest absolute Gasteiger partial charge is 0.0678 e. The average Bonchev–Trinajstić information content (AvgIpc) is 2.36. The van der Waals surface area contributed by atoms with E-state index >= 15 is 0 Å². The third-order valence-corrected chi connectivity index (χ3v) is 9.89. The van der Waals surface area contributed by atoms with E-state index in [9.17, 15) is 0 Å². The van der Waals surface area contributed by atoms with Gasteiger partial charge in [0.2, 0.25) is 0 Å². The SMILES string of the molecule is CCc1cccc(C[Si](CC)(CC)CC)c1. The molecule has 0 bridgehead atoms. The van der Waals surface area contributed by atoms with Crippen LogP contribution in [0.1, 0.15) is 38.8 Å². The molecule has 90 valence electrons. The second-order valence-corrected chi connectivity index (χ2v) is 10.4. The van der Waals surface area contributed by atoms with Gasteiger partial charge in [0, 0.05) is 0 Å². The Morgan fingerprint density at radius 1 is 0.875 bits per heavy atom. The highest BCUT2D eigenvalue weighted by Gasteiger charge is 2.26. The summed E-state index contributed by atoms with van der Waals surface area (Å²) in [6.07, 6.45) is 1.16. The molecule has 0 aliphatic carbocycles. The Labute approximate surface area is 102 Å². The summed E-state index contributed by atoms with van der Waals surface area (Å²) in [6, 6.07) is 14.9. The molecule has 0 saturated heterocycles. The summed E-state index contributed by atoms with van der Waals surface area (Å²) in [6.45, 7) is 9.41. The molecule has 1 aromatic rings. The minimum Gasteiger partial charge on any atom is -0.0678 e. The van der Waals surface area contributed by atoms with Crippen LogP contribution in [-0.2, 0) is 12.5 Å². The predicted octanol–water partition coefficient (Wildman–Crippen LogP) is 4.84. The fourth-order valence-electron chi connectivity index (χ4n) is 2.52. The van der Waals surface area contributed by atoms with Gasteiger partial charge in [-0.25, -0.2) is 0 Å². The second kappa shape index (κ2) is 6.24. The van der Waals surface area contributed by atoms with Gasteiger partial charge in [-0.2, -0.15) is 0 Å². The van der Waals surface area contributed by atoms with E-state index in [1.807, 2.05) is 0 Å². The number of hydrogen-bond acceptors (Lipinski definition) is 0. The molecule has 0 unspecified atom stereocenters. The quantitative estimate of drug-likeness (QED) is 0.618. The van der Waals surface area contributed by atoms with E-state index in [0.29, 0.717) is 0 Å². The van der Waals surface area contributed by atoms with Gasteiger partial charge in [-0.05, 0) is 18.0 Å². The van der Waals surface area contributed by atoms with Crippen LogP contribution < -0.4 is 0 Å². The van der Waals surface area contributed by atoms with Crippen molar-refractivity contribution in [3.05, 3.63) is 35.4 Å². The normalized spacial score (nSPS) is 11.8. The lowest BCUT2D eigenvalue weighted by Gasteiger charge is -2.28. The molecule has 0 spiro atoms. The number of aryl methyl sites for hydroxylation is 1. The zero-order chi connectivity index (χ0) is 12.0. The summed E-state index contributed by atoms with van der Waals surface area (Å²) in [5, 5.41) is 0. The Kier molecular flexibility index (Phi) is 5.27. The first-order chi connectivity index (χ1) is 7.69. The first-order valence-corrected chi connectivity index (χ1v) is 9.60. The summed E-state index contributed by atoms with van der Waals surface area (Å²) < 4.78 is 0. The van der Waals surface area contributed by atoms with Gasteiger partial charge in [-0.1, -0.05) is 75.7 Å². The molecule has 0 aromatic heterocycles. The topological polar surface area (TPSA) is 0 Å². The maximum atomic E-state index is 2.42. The van der Waals surface area contributed by atoms with E-state index < -0.39 is 8.07 Å². The third-order valence-electron chi connectivity index (χ3n) is 4.23. The molecule has 0 amide bonds. The van der Waals surface area contributed by atoms with Crippen molar-refractivity contribution >= 4 is 8.07 Å². The van der Waals surface area contributed by atoms with Crippen LogP contribution in [0.4, 0.5) is 0 Å². The minimum atomic E-state index is -0.994. The van der Waals surface area contributed by atoms with Crippen molar-refractivity contribution in [3.63, 3.8) is 0 Å². The Morgan fingerprint density at radius 2 is 1.44 bits per heavy atom. The Balaban J connectivity index is 2.84. The summed E-state index contributed by atoms with van der Waals surface area (Å²) >= 11 is 0. The molecule has 1 heteroatoms. The van der Waals surface area contributed by atoms with Gasteiger partial charge in [0.25, 0.3) is 0 Å². The monoisotopic (exact) mass is 234 g/mol. The van der Waals surface area contributed by atoms with E-state index in [1.54, 1.807) is 5.56 Å². The fourth-order valence-corrected chi connectivity index (χ4v) is 5.85. The highest BCUT2D eigenvalue weighted by atomic mass is 28.3. The Bertz CT molecular complexity index is 305. The van der Waals surface area contributed by atoms with Crippen molar-refractivity contribution < 1.29 is 0 Å². The Morgan fingerprint density at radius 3 is 1.94 bits per heavy atom. The van der Waals surface area contributed by atoms with E-state index in [1.165, 1.54) is 29.7 Å². The molecule has 1 rings (SSSR count). The Hall–Kier alpha value is -0.563. The predicted molar refractivity (Wildman–Crippen MR) is 76.7 cm³/mol. The zero-order valence-electron chi connectivity index (χ0n) is 11.3. The van der Waals surface area contributed by atoms with E-state index in [0.717, 1.165) is 6.42 Å². The van der Waals surface area contributed by atoms with Crippen LogP contribution in [0.5, 0.6) is 0 Å². The molecule has 0 aliphatic rings. The molecule has 1 aromatic carbocycles. The minimum absolute atomic E-state index is 0.994. The number of rotatable bonds is 6. The lowest BCUT2D eigenvalue weighted by atomic mass is 10.1. The van der Waals surface area contributed by atoms with Crippen molar-refractivity contribution in [3.8, 4) is 0 Å². The van der Waals surface area contributed by atoms with Crippen LogP contribution in [0.3, 0.4) is 0 Å². The number of benzene rings is 1. The first kappa shape index (κ1) is 13.5. The molecule has 0 fully saturated rings. The molecular weight excluding hydrogens is 208 g/mol. The molecule has 0 atom stereocenters. The molecule has 0 heterocycles. The summed E-state index contributed by atoms with van der Waals surface area (Å²) in [7, 11) is -0.994. The maximum Gasteiger partial charge on any atom is 0.0571 e. The van der Waals surface area contributed by atoms with Gasteiger partial charge < -0.3 is 0 Å². The lowest BCUT2D eigenvalue weighted by Crippen LogP contribution is -2.34. The molecule has 16 heavy (non-hydrogen) atoms. The smallest absolute Gasteiger partial charge is 0.0571 e. The summed E-state index contributed by atoms with van der Waals surface area (Å²) in [4.78, 5) is 0. The highest BCUT2D eigenvalue weighted by Crippen LogP contribution is 2.25. The maximum absolute atomic E-state index is 2.42. The second-order valence-electron chi connectivity index (χ2n) is 4.91. The highest BCUT2D eigenvalue weighted by molar-refractivity contribution is 6.79. The van der Waals surface area contributed by atoms with Crippen LogP contribution in [-0.4, -0.2) is 8.07 Å². The van der Waals surface area contributed by atoms with E-state index in [-0.39, 0.29) is 0 Å². The van der Waals surface area contributed by atoms with Crippen LogP contribution in [0, 0.1) is 0 Å². The molecule has 0 radical (unpaired) electrons. The van der Waals surface area contributed by atoms with E-state index in [2.05, 4.69) is 52.0 Å². The van der Waals surface area contributed by atoms with Gasteiger partial charge in [0.15, 0.2) is 0 Å². The standard InChI is InChI=1S/C15H26Si/c1-5-14-10-9-11-15(12-14)13-16(6-2,7-3)8-4/h9-12H,5-8,13H2,1-4H3. The van der Waals surface area contributed by atoms with Gasteiger partial charge in [-0.3, -0.25) is 0 Å². The van der Waals surface area contributed by atoms with Crippen LogP contribution in [0.15, 0.2) is 24.3 Å². The molecule has 0 saturated carbocycles. The van der Waals surface area contributed by atoms with Gasteiger partial charge in [0.1, 0.15) is 0 Å². The molecule has 0 aliphatic heterocycles. The fraction of sp³-hybridized carbons (Fsp3) is 0.600. The van der Waals surface area contributed by atoms with Crippen molar-refractivity contribution in [1.82, 2.24) is 0 Å². The van der Waals surface area contributed by atoms with E-state index in [4.69, 9.17) is 0 Å². The summed E-state index contributed by atoms with van der Waals surface area (Å²) in [5.74, 6) is 0. The third kappa shape index (κ3) is 3.21. The lowest BCUT2D eigenvalue weighted by molar-refractivity contribution is 1.08. The van der Waals surface area contributed by atoms with Crippen molar-refractivity contribution in [1.29, 1.82) is 0 Å². The molecule has 0 nitrogen and oxygen atoms in total. The van der Waals surface area contributed by atoms with Crippen molar-refractivity contribution in [2.45, 2.75) is 58.3 Å². The zero-order valence-corrected chi connectivity index (χ0v) is 12.3. The van der Waals surface area contributed by atoms with Crippen molar-refractivity contribution in [2.75, 3.05) is 0 Å².